The molecular weight excluding hydrogens is 264 g/mol. The lowest BCUT2D eigenvalue weighted by Crippen LogP contribution is -2.41. The summed E-state index contributed by atoms with van der Waals surface area (Å²) in [4.78, 5) is 22.1. The van der Waals surface area contributed by atoms with Gasteiger partial charge in [-0.05, 0) is 31.9 Å². The number of nitrogens with one attached hydrogen (secondary N) is 2. The Balaban J connectivity index is 1.67. The summed E-state index contributed by atoms with van der Waals surface area (Å²) in [5, 5.41) is 3.05. The SMILES string of the molecule is C[C@@H](NC(=O)N1CCCCCC1)c1nc2ccccc2[nH]1. The third-order valence-corrected chi connectivity index (χ3v) is 4.05. The molecule has 0 radical (unpaired) electrons. The Bertz CT molecular complexity index is 581. The van der Waals surface area contributed by atoms with Crippen LogP contribution in [0.25, 0.3) is 11.0 Å². The van der Waals surface area contributed by atoms with Gasteiger partial charge in [0.15, 0.2) is 0 Å². The summed E-state index contributed by atoms with van der Waals surface area (Å²) in [6, 6.07) is 7.81. The second kappa shape index (κ2) is 6.16. The van der Waals surface area contributed by atoms with Crippen LogP contribution < -0.4 is 5.32 Å². The van der Waals surface area contributed by atoms with Gasteiger partial charge in [0.1, 0.15) is 5.82 Å². The summed E-state index contributed by atoms with van der Waals surface area (Å²) >= 11 is 0. The number of urea groups is 1. The number of fused-ring (bicyclic) bond motifs is 1. The molecule has 0 saturated carbocycles. The maximum atomic E-state index is 12.3. The lowest BCUT2D eigenvalue weighted by Gasteiger charge is -2.22. The van der Waals surface area contributed by atoms with Gasteiger partial charge < -0.3 is 15.2 Å². The molecule has 2 amide bonds. The average Bonchev–Trinajstić information content (AvgIpc) is 2.73. The molecule has 2 aromatic rings. The number of hydrogen-bond acceptors (Lipinski definition) is 2. The predicted octanol–water partition coefficient (Wildman–Crippen LogP) is 3.21. The van der Waals surface area contributed by atoms with Crippen LogP contribution in [0.3, 0.4) is 0 Å². The molecule has 1 atom stereocenters. The molecule has 1 aliphatic rings. The van der Waals surface area contributed by atoms with Crippen LogP contribution in [0, 0.1) is 0 Å². The first-order chi connectivity index (χ1) is 10.2. The van der Waals surface area contributed by atoms with Gasteiger partial charge in [0.05, 0.1) is 17.1 Å². The minimum Gasteiger partial charge on any atom is -0.340 e. The fraction of sp³-hybridized carbons (Fsp3) is 0.500. The van der Waals surface area contributed by atoms with Crippen molar-refractivity contribution in [3.05, 3.63) is 30.1 Å². The van der Waals surface area contributed by atoms with Crippen LogP contribution in [0.2, 0.25) is 0 Å². The number of imidazole rings is 1. The van der Waals surface area contributed by atoms with E-state index in [1.165, 1.54) is 12.8 Å². The van der Waals surface area contributed by atoms with Gasteiger partial charge in [0, 0.05) is 13.1 Å². The molecule has 1 aliphatic heterocycles. The van der Waals surface area contributed by atoms with E-state index in [1.54, 1.807) is 0 Å². The molecule has 112 valence electrons. The molecule has 0 aliphatic carbocycles. The summed E-state index contributed by atoms with van der Waals surface area (Å²) < 4.78 is 0. The van der Waals surface area contributed by atoms with E-state index in [2.05, 4.69) is 15.3 Å². The zero-order valence-corrected chi connectivity index (χ0v) is 12.4. The molecule has 0 spiro atoms. The monoisotopic (exact) mass is 286 g/mol. The topological polar surface area (TPSA) is 61.0 Å². The number of amides is 2. The van der Waals surface area contributed by atoms with Crippen LogP contribution in [-0.4, -0.2) is 34.0 Å². The van der Waals surface area contributed by atoms with Crippen LogP contribution in [0.1, 0.15) is 44.5 Å². The molecular formula is C16H22N4O. The number of aromatic amines is 1. The van der Waals surface area contributed by atoms with Gasteiger partial charge in [-0.2, -0.15) is 0 Å². The van der Waals surface area contributed by atoms with E-state index in [0.717, 1.165) is 42.8 Å². The molecule has 3 rings (SSSR count). The molecule has 1 fully saturated rings. The second-order valence-corrected chi connectivity index (χ2v) is 5.71. The first kappa shape index (κ1) is 13.9. The number of H-pyrrole nitrogens is 1. The average molecular weight is 286 g/mol. The van der Waals surface area contributed by atoms with Gasteiger partial charge >= 0.3 is 6.03 Å². The molecule has 2 heterocycles. The Morgan fingerprint density at radius 1 is 1.24 bits per heavy atom. The summed E-state index contributed by atoms with van der Waals surface area (Å²) in [7, 11) is 0. The zero-order valence-electron chi connectivity index (χ0n) is 12.4. The number of carbonyl (C=O) groups excluding carboxylic acids is 1. The van der Waals surface area contributed by atoms with Gasteiger partial charge in [-0.25, -0.2) is 9.78 Å². The van der Waals surface area contributed by atoms with E-state index in [-0.39, 0.29) is 12.1 Å². The van der Waals surface area contributed by atoms with E-state index >= 15 is 0 Å². The number of rotatable bonds is 2. The number of hydrogen-bond donors (Lipinski definition) is 2. The third-order valence-electron chi connectivity index (χ3n) is 4.05. The van der Waals surface area contributed by atoms with Crippen molar-refractivity contribution in [1.29, 1.82) is 0 Å². The summed E-state index contributed by atoms with van der Waals surface area (Å²) in [5.74, 6) is 0.805. The molecule has 2 N–H and O–H groups in total. The highest BCUT2D eigenvalue weighted by molar-refractivity contribution is 5.76. The smallest absolute Gasteiger partial charge is 0.317 e. The maximum absolute atomic E-state index is 12.3. The van der Waals surface area contributed by atoms with Gasteiger partial charge in [-0.3, -0.25) is 0 Å². The normalized spacial score (nSPS) is 17.5. The number of para-hydroxylation sites is 2. The zero-order chi connectivity index (χ0) is 14.7. The van der Waals surface area contributed by atoms with Crippen molar-refractivity contribution >= 4 is 17.1 Å². The van der Waals surface area contributed by atoms with Crippen molar-refractivity contribution in [2.24, 2.45) is 0 Å². The van der Waals surface area contributed by atoms with Crippen molar-refractivity contribution in [2.45, 2.75) is 38.6 Å². The highest BCUT2D eigenvalue weighted by Crippen LogP contribution is 2.16. The number of benzene rings is 1. The number of nitrogens with zero attached hydrogens (tertiary/aromatic N) is 2. The van der Waals surface area contributed by atoms with Gasteiger partial charge in [0.2, 0.25) is 0 Å². The summed E-state index contributed by atoms with van der Waals surface area (Å²) in [6.07, 6.45) is 4.66. The van der Waals surface area contributed by atoms with Crippen molar-refractivity contribution in [3.8, 4) is 0 Å². The predicted molar refractivity (Wildman–Crippen MR) is 83.1 cm³/mol. The number of likely N-dealkylation sites (tertiary alicyclic amines) is 1. The van der Waals surface area contributed by atoms with Gasteiger partial charge in [-0.1, -0.05) is 25.0 Å². The molecule has 5 nitrogen and oxygen atoms in total. The van der Waals surface area contributed by atoms with Crippen LogP contribution >= 0.6 is 0 Å². The first-order valence-electron chi connectivity index (χ1n) is 7.74. The fourth-order valence-corrected chi connectivity index (χ4v) is 2.80. The molecule has 1 saturated heterocycles. The standard InChI is InChI=1S/C16H22N4O/c1-12(15-18-13-8-4-5-9-14(13)19-15)17-16(21)20-10-6-2-3-7-11-20/h4-5,8-9,12H,2-3,6-7,10-11H2,1H3,(H,17,21)(H,18,19)/t12-/m1/s1. The largest absolute Gasteiger partial charge is 0.340 e. The molecule has 5 heteroatoms. The van der Waals surface area contributed by atoms with E-state index in [4.69, 9.17) is 0 Å². The van der Waals surface area contributed by atoms with E-state index in [1.807, 2.05) is 36.1 Å². The van der Waals surface area contributed by atoms with Crippen LogP contribution in [0.4, 0.5) is 4.79 Å². The quantitative estimate of drug-likeness (QED) is 0.890. The van der Waals surface area contributed by atoms with Crippen LogP contribution in [0.15, 0.2) is 24.3 Å². The minimum absolute atomic E-state index is 0.0184. The highest BCUT2D eigenvalue weighted by Gasteiger charge is 2.19. The lowest BCUT2D eigenvalue weighted by atomic mass is 10.2. The Labute approximate surface area is 124 Å². The van der Waals surface area contributed by atoms with Crippen molar-refractivity contribution in [1.82, 2.24) is 20.2 Å². The molecule has 1 aromatic carbocycles. The lowest BCUT2D eigenvalue weighted by molar-refractivity contribution is 0.196. The van der Waals surface area contributed by atoms with Gasteiger partial charge in [-0.15, -0.1) is 0 Å². The van der Waals surface area contributed by atoms with Crippen LogP contribution in [0.5, 0.6) is 0 Å². The minimum atomic E-state index is -0.117. The number of carbonyl (C=O) groups is 1. The van der Waals surface area contributed by atoms with Crippen molar-refractivity contribution in [3.63, 3.8) is 0 Å². The molecule has 0 bridgehead atoms. The Hall–Kier alpha value is -2.04. The van der Waals surface area contributed by atoms with Crippen molar-refractivity contribution < 1.29 is 4.79 Å². The summed E-state index contributed by atoms with van der Waals surface area (Å²) in [5.41, 5.74) is 1.94. The molecule has 21 heavy (non-hydrogen) atoms. The Morgan fingerprint density at radius 3 is 2.67 bits per heavy atom. The summed E-state index contributed by atoms with van der Waals surface area (Å²) in [6.45, 7) is 3.69. The van der Waals surface area contributed by atoms with E-state index < -0.39 is 0 Å². The van der Waals surface area contributed by atoms with Crippen molar-refractivity contribution in [2.75, 3.05) is 13.1 Å². The molecule has 0 unspecified atom stereocenters. The second-order valence-electron chi connectivity index (χ2n) is 5.71. The molecule has 1 aromatic heterocycles. The van der Waals surface area contributed by atoms with Gasteiger partial charge in [0.25, 0.3) is 0 Å². The maximum Gasteiger partial charge on any atom is 0.317 e. The first-order valence-corrected chi connectivity index (χ1v) is 7.74. The Kier molecular flexibility index (Phi) is 4.08. The fourth-order valence-electron chi connectivity index (χ4n) is 2.80. The number of aromatic nitrogens is 2. The van der Waals surface area contributed by atoms with Crippen LogP contribution in [-0.2, 0) is 0 Å². The van der Waals surface area contributed by atoms with E-state index in [9.17, 15) is 4.79 Å². The van der Waals surface area contributed by atoms with E-state index in [0.29, 0.717) is 0 Å². The highest BCUT2D eigenvalue weighted by atomic mass is 16.2. The third kappa shape index (κ3) is 3.17. The Morgan fingerprint density at radius 2 is 1.95 bits per heavy atom.